The number of hydrogen-bond acceptors (Lipinski definition) is 4. The fourth-order valence-corrected chi connectivity index (χ4v) is 3.27. The van der Waals surface area contributed by atoms with Gasteiger partial charge in [0.2, 0.25) is 0 Å². The van der Waals surface area contributed by atoms with Gasteiger partial charge in [-0.1, -0.05) is 46.3 Å². The molecular weight excluding hydrogens is 400 g/mol. The van der Waals surface area contributed by atoms with Gasteiger partial charge in [-0.05, 0) is 23.8 Å². The zero-order valence-corrected chi connectivity index (χ0v) is 15.8. The van der Waals surface area contributed by atoms with E-state index in [1.165, 1.54) is 14.2 Å². The summed E-state index contributed by atoms with van der Waals surface area (Å²) in [4.78, 5) is 24.9. The molecular formula is C19H17BrN2O4. The van der Waals surface area contributed by atoms with Gasteiger partial charge in [0.1, 0.15) is 5.75 Å². The number of ether oxygens (including phenoxy) is 2. The normalized spacial score (nSPS) is 16.6. The number of hydrogen-bond donors (Lipinski definition) is 2. The van der Waals surface area contributed by atoms with Gasteiger partial charge in [0.15, 0.2) is 0 Å². The van der Waals surface area contributed by atoms with Crippen molar-refractivity contribution in [3.05, 3.63) is 69.7 Å². The Kier molecular flexibility index (Phi) is 5.27. The van der Waals surface area contributed by atoms with E-state index in [1.54, 1.807) is 12.1 Å². The molecule has 1 aliphatic heterocycles. The minimum Gasteiger partial charge on any atom is -0.496 e. The van der Waals surface area contributed by atoms with E-state index >= 15 is 0 Å². The van der Waals surface area contributed by atoms with Crippen molar-refractivity contribution in [1.29, 1.82) is 0 Å². The standard InChI is InChI=1S/C19H17BrN2O4/c1-25-14-9-8-12(20)10-13(14)17-15(18(23)26-2)16(21-19(24)22-17)11-6-4-3-5-7-11/h3-10,17H,1-2H3,(H2,21,22,24). The SMILES string of the molecule is COC(=O)C1=C(c2ccccc2)NC(=O)NC1c1cc(Br)ccc1OC. The Morgan fingerprint density at radius 3 is 2.50 bits per heavy atom. The van der Waals surface area contributed by atoms with Crippen LogP contribution < -0.4 is 15.4 Å². The van der Waals surface area contributed by atoms with Crippen LogP contribution >= 0.6 is 15.9 Å². The van der Waals surface area contributed by atoms with Gasteiger partial charge in [0.05, 0.1) is 31.5 Å². The molecule has 0 aliphatic carbocycles. The monoisotopic (exact) mass is 416 g/mol. The van der Waals surface area contributed by atoms with E-state index in [0.717, 1.165) is 4.47 Å². The number of carbonyl (C=O) groups excluding carboxylic acids is 2. The lowest BCUT2D eigenvalue weighted by Gasteiger charge is -2.30. The third-order valence-electron chi connectivity index (χ3n) is 4.04. The molecule has 0 fully saturated rings. The smallest absolute Gasteiger partial charge is 0.338 e. The summed E-state index contributed by atoms with van der Waals surface area (Å²) in [6, 6.07) is 13.4. The Labute approximate surface area is 159 Å². The second-order valence-electron chi connectivity index (χ2n) is 5.56. The summed E-state index contributed by atoms with van der Waals surface area (Å²) >= 11 is 3.43. The lowest BCUT2D eigenvalue weighted by molar-refractivity contribution is -0.136. The van der Waals surface area contributed by atoms with Crippen LogP contribution in [0.15, 0.2) is 58.6 Å². The highest BCUT2D eigenvalue weighted by atomic mass is 79.9. The molecule has 7 heteroatoms. The number of rotatable bonds is 4. The number of benzene rings is 2. The molecule has 1 heterocycles. The lowest BCUT2D eigenvalue weighted by atomic mass is 9.92. The average Bonchev–Trinajstić information content (AvgIpc) is 2.67. The first-order chi connectivity index (χ1) is 12.5. The van der Waals surface area contributed by atoms with Crippen LogP contribution in [0.2, 0.25) is 0 Å². The molecule has 2 aromatic carbocycles. The largest absolute Gasteiger partial charge is 0.496 e. The molecule has 0 aromatic heterocycles. The van der Waals surface area contributed by atoms with Crippen molar-refractivity contribution in [1.82, 2.24) is 10.6 Å². The van der Waals surface area contributed by atoms with Crippen LogP contribution in [0.3, 0.4) is 0 Å². The average molecular weight is 417 g/mol. The van der Waals surface area contributed by atoms with Gasteiger partial charge in [0, 0.05) is 10.0 Å². The zero-order valence-electron chi connectivity index (χ0n) is 14.2. The maximum atomic E-state index is 12.6. The quantitative estimate of drug-likeness (QED) is 0.748. The Hall–Kier alpha value is -2.80. The number of carbonyl (C=O) groups is 2. The van der Waals surface area contributed by atoms with Crippen molar-refractivity contribution in [2.45, 2.75) is 6.04 Å². The van der Waals surface area contributed by atoms with E-state index < -0.39 is 18.0 Å². The molecule has 0 radical (unpaired) electrons. The van der Waals surface area contributed by atoms with Crippen LogP contribution in [0.5, 0.6) is 5.75 Å². The van der Waals surface area contributed by atoms with E-state index in [9.17, 15) is 9.59 Å². The minimum atomic E-state index is -0.723. The summed E-state index contributed by atoms with van der Waals surface area (Å²) in [5.74, 6) is 0.0117. The highest BCUT2D eigenvalue weighted by Crippen LogP contribution is 2.37. The van der Waals surface area contributed by atoms with Crippen LogP contribution in [-0.4, -0.2) is 26.2 Å². The highest BCUT2D eigenvalue weighted by Gasteiger charge is 2.35. The first-order valence-corrected chi connectivity index (χ1v) is 8.63. The fourth-order valence-electron chi connectivity index (χ4n) is 2.89. The molecule has 26 heavy (non-hydrogen) atoms. The third-order valence-corrected chi connectivity index (χ3v) is 4.54. The van der Waals surface area contributed by atoms with Crippen molar-refractivity contribution < 1.29 is 19.1 Å². The molecule has 0 saturated carbocycles. The van der Waals surface area contributed by atoms with Gasteiger partial charge in [-0.2, -0.15) is 0 Å². The van der Waals surface area contributed by atoms with Crippen molar-refractivity contribution in [3.63, 3.8) is 0 Å². The maximum Gasteiger partial charge on any atom is 0.338 e. The van der Waals surface area contributed by atoms with Gasteiger partial charge in [0.25, 0.3) is 0 Å². The molecule has 2 aromatic rings. The highest BCUT2D eigenvalue weighted by molar-refractivity contribution is 9.10. The molecule has 3 rings (SSSR count). The minimum absolute atomic E-state index is 0.301. The Balaban J connectivity index is 2.25. The first-order valence-electron chi connectivity index (χ1n) is 7.84. The van der Waals surface area contributed by atoms with E-state index in [4.69, 9.17) is 9.47 Å². The third kappa shape index (κ3) is 3.43. The number of methoxy groups -OCH3 is 2. The summed E-state index contributed by atoms with van der Waals surface area (Å²) < 4.78 is 11.2. The van der Waals surface area contributed by atoms with Crippen molar-refractivity contribution in [2.75, 3.05) is 14.2 Å². The molecule has 2 amide bonds. The van der Waals surface area contributed by atoms with E-state index in [1.807, 2.05) is 36.4 Å². The molecule has 1 unspecified atom stereocenters. The van der Waals surface area contributed by atoms with Crippen LogP contribution in [0.1, 0.15) is 17.2 Å². The fraction of sp³-hybridized carbons (Fsp3) is 0.158. The predicted molar refractivity (Wildman–Crippen MR) is 100 cm³/mol. The van der Waals surface area contributed by atoms with Crippen LogP contribution in [0.4, 0.5) is 4.79 Å². The number of esters is 1. The summed E-state index contributed by atoms with van der Waals surface area (Å²) in [6.07, 6.45) is 0. The zero-order chi connectivity index (χ0) is 18.7. The van der Waals surface area contributed by atoms with Crippen LogP contribution in [0.25, 0.3) is 5.70 Å². The summed E-state index contributed by atoms with van der Waals surface area (Å²) in [5.41, 5.74) is 2.06. The molecule has 0 spiro atoms. The van der Waals surface area contributed by atoms with E-state index in [2.05, 4.69) is 26.6 Å². The molecule has 0 saturated heterocycles. The molecule has 6 nitrogen and oxygen atoms in total. The maximum absolute atomic E-state index is 12.6. The van der Waals surface area contributed by atoms with Crippen LogP contribution in [-0.2, 0) is 9.53 Å². The van der Waals surface area contributed by atoms with Gasteiger partial charge in [-0.25, -0.2) is 9.59 Å². The molecule has 0 bridgehead atoms. The molecule has 2 N–H and O–H groups in total. The van der Waals surface area contributed by atoms with Crippen molar-refractivity contribution in [3.8, 4) is 5.75 Å². The number of halogens is 1. The van der Waals surface area contributed by atoms with E-state index in [-0.39, 0.29) is 0 Å². The van der Waals surface area contributed by atoms with Gasteiger partial charge in [-0.3, -0.25) is 0 Å². The second-order valence-corrected chi connectivity index (χ2v) is 6.48. The predicted octanol–water partition coefficient (Wildman–Crippen LogP) is 3.40. The first kappa shape index (κ1) is 18.0. The number of amides is 2. The second kappa shape index (κ2) is 7.61. The molecule has 1 aliphatic rings. The summed E-state index contributed by atoms with van der Waals surface area (Å²) in [7, 11) is 2.85. The molecule has 134 valence electrons. The number of nitrogens with one attached hydrogen (secondary N) is 2. The lowest BCUT2D eigenvalue weighted by Crippen LogP contribution is -2.45. The Bertz CT molecular complexity index is 880. The van der Waals surface area contributed by atoms with Gasteiger partial charge < -0.3 is 20.1 Å². The summed E-state index contributed by atoms with van der Waals surface area (Å²) in [5, 5.41) is 5.52. The number of urea groups is 1. The summed E-state index contributed by atoms with van der Waals surface area (Å²) in [6.45, 7) is 0. The van der Waals surface area contributed by atoms with Crippen molar-refractivity contribution in [2.24, 2.45) is 0 Å². The van der Waals surface area contributed by atoms with Crippen molar-refractivity contribution >= 4 is 33.6 Å². The molecule has 1 atom stereocenters. The van der Waals surface area contributed by atoms with E-state index in [0.29, 0.717) is 28.1 Å². The van der Waals surface area contributed by atoms with Crippen LogP contribution in [0, 0.1) is 0 Å². The topological polar surface area (TPSA) is 76.7 Å². The van der Waals surface area contributed by atoms with Gasteiger partial charge in [-0.15, -0.1) is 0 Å². The van der Waals surface area contributed by atoms with Gasteiger partial charge >= 0.3 is 12.0 Å². The Morgan fingerprint density at radius 1 is 1.12 bits per heavy atom. The Morgan fingerprint density at radius 2 is 1.85 bits per heavy atom.